The molecular formula is C20H33N5O3. The zero-order chi connectivity index (χ0) is 20.1. The molecule has 0 bridgehead atoms. The van der Waals surface area contributed by atoms with E-state index in [1.54, 1.807) is 7.11 Å². The second-order valence-electron chi connectivity index (χ2n) is 7.95. The number of hydrogen-bond donors (Lipinski definition) is 0. The van der Waals surface area contributed by atoms with Crippen molar-refractivity contribution in [1.82, 2.24) is 24.3 Å². The van der Waals surface area contributed by atoms with Crippen LogP contribution < -0.4 is 0 Å². The number of carbonyl (C=O) groups is 2. The Kier molecular flexibility index (Phi) is 7.07. The molecule has 2 amide bonds. The van der Waals surface area contributed by atoms with Crippen LogP contribution in [0, 0.1) is 0 Å². The minimum absolute atomic E-state index is 0.0352. The number of likely N-dealkylation sites (tertiary alicyclic amines) is 1. The first-order valence-corrected chi connectivity index (χ1v) is 10.3. The zero-order valence-corrected chi connectivity index (χ0v) is 17.4. The Morgan fingerprint density at radius 2 is 1.96 bits per heavy atom. The lowest BCUT2D eigenvalue weighted by molar-refractivity contribution is -0.132. The highest BCUT2D eigenvalue weighted by atomic mass is 16.5. The maximum Gasteiger partial charge on any atom is 0.274 e. The third-order valence-corrected chi connectivity index (χ3v) is 5.88. The monoisotopic (exact) mass is 391 g/mol. The first-order valence-electron chi connectivity index (χ1n) is 10.3. The summed E-state index contributed by atoms with van der Waals surface area (Å²) in [5.41, 5.74) is 0.539. The molecule has 2 aliphatic heterocycles. The van der Waals surface area contributed by atoms with E-state index < -0.39 is 0 Å². The summed E-state index contributed by atoms with van der Waals surface area (Å²) in [6.45, 7) is 3.99. The van der Waals surface area contributed by atoms with Gasteiger partial charge in [-0.2, -0.15) is 0 Å². The van der Waals surface area contributed by atoms with E-state index in [4.69, 9.17) is 4.74 Å². The number of nitrogens with zero attached hydrogens (tertiary/aromatic N) is 5. The Hall–Kier alpha value is -1.93. The van der Waals surface area contributed by atoms with Crippen molar-refractivity contribution in [3.05, 3.63) is 17.7 Å². The van der Waals surface area contributed by atoms with Crippen LogP contribution in [0.5, 0.6) is 0 Å². The van der Waals surface area contributed by atoms with Crippen LogP contribution in [0.15, 0.2) is 6.20 Å². The Balaban J connectivity index is 1.60. The standard InChI is InChI=1S/C20H33N5O3/c1-22(2)16-5-4-9-24(10-6-16)20(27)17-15-25-13-12-23(11-7-18(25)21-17)19(26)8-14-28-3/h15-16H,4-14H2,1-3H3. The van der Waals surface area contributed by atoms with Gasteiger partial charge in [0, 0.05) is 58.5 Å². The molecule has 8 nitrogen and oxygen atoms in total. The predicted octanol–water partition coefficient (Wildman–Crippen LogP) is 0.861. The third kappa shape index (κ3) is 4.91. The molecule has 3 heterocycles. The normalized spacial score (nSPS) is 20.6. The van der Waals surface area contributed by atoms with Crippen molar-refractivity contribution in [3.8, 4) is 0 Å². The molecule has 0 radical (unpaired) electrons. The Morgan fingerprint density at radius 1 is 1.14 bits per heavy atom. The van der Waals surface area contributed by atoms with Crippen LogP contribution in [0.3, 0.4) is 0 Å². The number of methoxy groups -OCH3 is 1. The lowest BCUT2D eigenvalue weighted by Gasteiger charge is -2.23. The minimum atomic E-state index is 0.0352. The highest BCUT2D eigenvalue weighted by Crippen LogP contribution is 2.18. The quantitative estimate of drug-likeness (QED) is 0.745. The van der Waals surface area contributed by atoms with Gasteiger partial charge in [0.1, 0.15) is 11.5 Å². The van der Waals surface area contributed by atoms with E-state index in [9.17, 15) is 9.59 Å². The molecule has 1 unspecified atom stereocenters. The molecule has 0 aliphatic carbocycles. The molecular weight excluding hydrogens is 358 g/mol. The molecule has 0 spiro atoms. The van der Waals surface area contributed by atoms with Crippen LogP contribution in [0.25, 0.3) is 0 Å². The fourth-order valence-corrected chi connectivity index (χ4v) is 4.08. The molecule has 2 aliphatic rings. The lowest BCUT2D eigenvalue weighted by Crippen LogP contribution is -2.35. The van der Waals surface area contributed by atoms with E-state index in [2.05, 4.69) is 24.0 Å². The van der Waals surface area contributed by atoms with Gasteiger partial charge in [-0.1, -0.05) is 0 Å². The van der Waals surface area contributed by atoms with Crippen molar-refractivity contribution in [2.45, 2.75) is 44.7 Å². The third-order valence-electron chi connectivity index (χ3n) is 5.88. The summed E-state index contributed by atoms with van der Waals surface area (Å²) in [5.74, 6) is 1.04. The minimum Gasteiger partial charge on any atom is -0.384 e. The fraction of sp³-hybridized carbons (Fsp3) is 0.750. The highest BCUT2D eigenvalue weighted by molar-refractivity contribution is 5.92. The molecule has 1 aromatic rings. The second kappa shape index (κ2) is 9.52. The van der Waals surface area contributed by atoms with Crippen LogP contribution >= 0.6 is 0 Å². The van der Waals surface area contributed by atoms with Gasteiger partial charge in [0.05, 0.1) is 13.0 Å². The first kappa shape index (κ1) is 20.8. The van der Waals surface area contributed by atoms with Crippen molar-refractivity contribution >= 4 is 11.8 Å². The van der Waals surface area contributed by atoms with Gasteiger partial charge in [-0.3, -0.25) is 9.59 Å². The number of fused-ring (bicyclic) bond motifs is 1. The number of imidazole rings is 1. The molecule has 0 saturated carbocycles. The van der Waals surface area contributed by atoms with E-state index in [1.165, 1.54) is 0 Å². The molecule has 8 heteroatoms. The largest absolute Gasteiger partial charge is 0.384 e. The molecule has 1 fully saturated rings. The van der Waals surface area contributed by atoms with Crippen molar-refractivity contribution in [2.24, 2.45) is 0 Å². The Bertz CT molecular complexity index is 662. The van der Waals surface area contributed by atoms with Gasteiger partial charge < -0.3 is 24.0 Å². The fourth-order valence-electron chi connectivity index (χ4n) is 4.08. The summed E-state index contributed by atoms with van der Waals surface area (Å²) in [6, 6.07) is 0.540. The van der Waals surface area contributed by atoms with Gasteiger partial charge in [0.2, 0.25) is 5.91 Å². The topological polar surface area (TPSA) is 70.9 Å². The molecule has 1 saturated heterocycles. The lowest BCUT2D eigenvalue weighted by atomic mass is 10.1. The SMILES string of the molecule is COCCC(=O)N1CCc2nc(C(=O)N3CCCC(N(C)C)CC3)cn2CC1. The van der Waals surface area contributed by atoms with Gasteiger partial charge >= 0.3 is 0 Å². The van der Waals surface area contributed by atoms with Crippen molar-refractivity contribution < 1.29 is 14.3 Å². The molecule has 1 aromatic heterocycles. The molecule has 0 N–H and O–H groups in total. The van der Waals surface area contributed by atoms with Crippen LogP contribution in [-0.4, -0.2) is 96.1 Å². The van der Waals surface area contributed by atoms with Gasteiger partial charge in [-0.25, -0.2) is 4.98 Å². The van der Waals surface area contributed by atoms with E-state index in [0.29, 0.717) is 50.8 Å². The van der Waals surface area contributed by atoms with Gasteiger partial charge in [0.15, 0.2) is 0 Å². The van der Waals surface area contributed by atoms with Crippen LogP contribution in [0.1, 0.15) is 42.0 Å². The highest BCUT2D eigenvalue weighted by Gasteiger charge is 2.26. The summed E-state index contributed by atoms with van der Waals surface area (Å²) in [5, 5.41) is 0. The van der Waals surface area contributed by atoms with E-state index in [-0.39, 0.29) is 11.8 Å². The van der Waals surface area contributed by atoms with Crippen molar-refractivity contribution in [3.63, 3.8) is 0 Å². The molecule has 0 aromatic carbocycles. The predicted molar refractivity (Wildman–Crippen MR) is 106 cm³/mol. The van der Waals surface area contributed by atoms with Crippen molar-refractivity contribution in [2.75, 3.05) is 54.0 Å². The summed E-state index contributed by atoms with van der Waals surface area (Å²) < 4.78 is 7.04. The zero-order valence-electron chi connectivity index (χ0n) is 17.4. The van der Waals surface area contributed by atoms with E-state index >= 15 is 0 Å². The smallest absolute Gasteiger partial charge is 0.274 e. The summed E-state index contributed by atoms with van der Waals surface area (Å²) in [7, 11) is 5.82. The number of hydrogen-bond acceptors (Lipinski definition) is 5. The summed E-state index contributed by atoms with van der Waals surface area (Å²) in [4.78, 5) is 35.9. The van der Waals surface area contributed by atoms with Crippen molar-refractivity contribution in [1.29, 1.82) is 0 Å². The number of amides is 2. The Morgan fingerprint density at radius 3 is 2.71 bits per heavy atom. The molecule has 3 rings (SSSR count). The Labute approximate surface area is 167 Å². The maximum atomic E-state index is 13.0. The average molecular weight is 392 g/mol. The number of aromatic nitrogens is 2. The van der Waals surface area contributed by atoms with E-state index in [1.807, 2.05) is 20.6 Å². The second-order valence-corrected chi connectivity index (χ2v) is 7.95. The maximum absolute atomic E-state index is 13.0. The number of ether oxygens (including phenoxy) is 1. The van der Waals surface area contributed by atoms with Crippen LogP contribution in [-0.2, 0) is 22.5 Å². The molecule has 28 heavy (non-hydrogen) atoms. The number of carbonyl (C=O) groups excluding carboxylic acids is 2. The average Bonchev–Trinajstić information content (AvgIpc) is 2.85. The first-order chi connectivity index (χ1) is 13.5. The van der Waals surface area contributed by atoms with E-state index in [0.717, 1.165) is 38.2 Å². The number of rotatable bonds is 5. The van der Waals surface area contributed by atoms with Gasteiger partial charge in [-0.05, 0) is 33.4 Å². The summed E-state index contributed by atoms with van der Waals surface area (Å²) in [6.07, 6.45) is 6.12. The van der Waals surface area contributed by atoms with Crippen LogP contribution in [0.4, 0.5) is 0 Å². The molecule has 1 atom stereocenters. The van der Waals surface area contributed by atoms with Crippen LogP contribution in [0.2, 0.25) is 0 Å². The molecule has 156 valence electrons. The van der Waals surface area contributed by atoms with Gasteiger partial charge in [-0.15, -0.1) is 0 Å². The van der Waals surface area contributed by atoms with Gasteiger partial charge in [0.25, 0.3) is 5.91 Å². The summed E-state index contributed by atoms with van der Waals surface area (Å²) >= 11 is 0.